The quantitative estimate of drug-likeness (QED) is 0.257. The van der Waals surface area contributed by atoms with Gasteiger partial charge in [-0.1, -0.05) is 12.1 Å². The van der Waals surface area contributed by atoms with Crippen LogP contribution in [0.4, 0.5) is 22.4 Å². The molecule has 0 spiro atoms. The summed E-state index contributed by atoms with van der Waals surface area (Å²) in [5.74, 6) is 0.135. The number of nitrogens with zero attached hydrogens (tertiary/aromatic N) is 4. The second-order valence-corrected chi connectivity index (χ2v) is 13.9. The lowest BCUT2D eigenvalue weighted by Gasteiger charge is -2.36. The molecule has 0 radical (unpaired) electrons. The summed E-state index contributed by atoms with van der Waals surface area (Å²) in [6.45, 7) is 9.74. The molecular weight excluding hydrogens is 682 g/mol. The van der Waals surface area contributed by atoms with E-state index in [2.05, 4.69) is 30.9 Å². The molecule has 3 N–H and O–H groups in total. The fraction of sp³-hybridized carbons (Fsp3) is 0.526. The van der Waals surface area contributed by atoms with Crippen molar-refractivity contribution in [1.82, 2.24) is 25.2 Å². The van der Waals surface area contributed by atoms with Crippen LogP contribution in [0, 0.1) is 5.92 Å². The molecular formula is C38H51N7O8. The molecule has 3 aliphatic heterocycles. The van der Waals surface area contributed by atoms with Gasteiger partial charge in [-0.05, 0) is 96.0 Å². The lowest BCUT2D eigenvalue weighted by molar-refractivity contribution is -0.145. The van der Waals surface area contributed by atoms with Crippen molar-refractivity contribution in [3.8, 4) is 17.5 Å². The maximum absolute atomic E-state index is 14.0. The van der Waals surface area contributed by atoms with E-state index in [1.165, 1.54) is 7.11 Å². The summed E-state index contributed by atoms with van der Waals surface area (Å²) in [7, 11) is 1.28. The number of ether oxygens (including phenoxy) is 5. The number of amides is 2. The third-order valence-electron chi connectivity index (χ3n) is 8.63. The van der Waals surface area contributed by atoms with Gasteiger partial charge in [0.2, 0.25) is 11.9 Å². The van der Waals surface area contributed by atoms with Gasteiger partial charge in [-0.3, -0.25) is 4.79 Å². The van der Waals surface area contributed by atoms with E-state index in [1.54, 1.807) is 43.9 Å². The molecule has 286 valence electrons. The van der Waals surface area contributed by atoms with E-state index in [9.17, 15) is 14.4 Å². The Morgan fingerprint density at radius 3 is 2.42 bits per heavy atom. The average molecular weight is 734 g/mol. The van der Waals surface area contributed by atoms with Gasteiger partial charge < -0.3 is 44.5 Å². The van der Waals surface area contributed by atoms with Crippen molar-refractivity contribution in [2.45, 2.75) is 84.4 Å². The third kappa shape index (κ3) is 11.6. The van der Waals surface area contributed by atoms with E-state index >= 15 is 0 Å². The van der Waals surface area contributed by atoms with Crippen molar-refractivity contribution in [1.29, 1.82) is 0 Å². The molecule has 15 heteroatoms. The minimum absolute atomic E-state index is 0.143. The molecule has 4 heterocycles. The summed E-state index contributed by atoms with van der Waals surface area (Å²) in [5.41, 5.74) is 1.14. The number of anilines is 3. The van der Waals surface area contributed by atoms with Crippen LogP contribution in [-0.4, -0.2) is 89.5 Å². The van der Waals surface area contributed by atoms with E-state index in [0.717, 1.165) is 37.0 Å². The zero-order valence-corrected chi connectivity index (χ0v) is 31.2. The number of methoxy groups -OCH3 is 1. The molecule has 53 heavy (non-hydrogen) atoms. The predicted octanol–water partition coefficient (Wildman–Crippen LogP) is 5.88. The van der Waals surface area contributed by atoms with Gasteiger partial charge in [0.25, 0.3) is 5.91 Å². The standard InChI is InChI=1S/C38H51N7O8/c1-6-50-36-43-34-39-23-25-13-16-28(17-14-25)51-20-9-7-8-10-21-52-30-22-27(40-35(42-34)44-36)15-18-29(30)32(46)41-31(33(47)49-5)26-12-11-19-45(24-26)37(48)53-38(2,3)4/h13-18,22,26,31H,6-12,19-21,23-24H2,1-5H3,(H,41,46)(H2,39,40,42,43,44). The summed E-state index contributed by atoms with van der Waals surface area (Å²) in [5, 5.41) is 9.31. The van der Waals surface area contributed by atoms with E-state index < -0.39 is 35.5 Å². The highest BCUT2D eigenvalue weighted by atomic mass is 16.6. The number of carbonyl (C=O) groups excluding carboxylic acids is 3. The largest absolute Gasteiger partial charge is 0.494 e. The molecule has 15 nitrogen and oxygen atoms in total. The Bertz CT molecular complexity index is 1700. The molecule has 0 aliphatic carbocycles. The highest BCUT2D eigenvalue weighted by Gasteiger charge is 2.37. The van der Waals surface area contributed by atoms with Gasteiger partial charge in [-0.15, -0.1) is 0 Å². The second kappa shape index (κ2) is 18.4. The van der Waals surface area contributed by atoms with Gasteiger partial charge in [0, 0.05) is 37.3 Å². The Labute approximate surface area is 310 Å². The number of hydrogen-bond acceptors (Lipinski definition) is 13. The van der Waals surface area contributed by atoms with Gasteiger partial charge in [-0.25, -0.2) is 9.59 Å². The van der Waals surface area contributed by atoms with E-state index in [-0.39, 0.29) is 24.1 Å². The molecule has 0 saturated carbocycles. The Morgan fingerprint density at radius 1 is 0.962 bits per heavy atom. The van der Waals surface area contributed by atoms with Crippen LogP contribution in [-0.2, 0) is 20.8 Å². The normalized spacial score (nSPS) is 17.3. The Hall–Kier alpha value is -5.34. The summed E-state index contributed by atoms with van der Waals surface area (Å²) < 4.78 is 28.5. The van der Waals surface area contributed by atoms with Crippen molar-refractivity contribution in [2.24, 2.45) is 5.92 Å². The first-order valence-corrected chi connectivity index (χ1v) is 18.3. The molecule has 2 unspecified atom stereocenters. The maximum atomic E-state index is 14.0. The lowest BCUT2D eigenvalue weighted by atomic mass is 9.90. The van der Waals surface area contributed by atoms with Crippen molar-refractivity contribution in [2.75, 3.05) is 50.7 Å². The summed E-state index contributed by atoms with van der Waals surface area (Å²) in [6, 6.07) is 12.0. The molecule has 6 rings (SSSR count). The molecule has 6 bridgehead atoms. The van der Waals surface area contributed by atoms with Crippen LogP contribution in [0.2, 0.25) is 0 Å². The number of rotatable bonds is 6. The number of carbonyl (C=O) groups is 3. The van der Waals surface area contributed by atoms with Gasteiger partial charge in [0.05, 0.1) is 32.5 Å². The average Bonchev–Trinajstić information content (AvgIpc) is 3.13. The van der Waals surface area contributed by atoms with Crippen LogP contribution in [0.25, 0.3) is 0 Å². The number of nitrogens with one attached hydrogen (secondary N) is 3. The van der Waals surface area contributed by atoms with Crippen LogP contribution in [0.3, 0.4) is 0 Å². The SMILES string of the molecule is CCOc1nc2nc(n1)Nc1ccc(C(=O)NC(C(=O)OC)C3CCCN(C(=O)OC(C)(C)C)C3)c(c1)OCCCCCCOc1ccc(cc1)CN2. The van der Waals surface area contributed by atoms with Gasteiger partial charge in [0.1, 0.15) is 23.1 Å². The first kappa shape index (κ1) is 38.9. The smallest absolute Gasteiger partial charge is 0.410 e. The fourth-order valence-corrected chi connectivity index (χ4v) is 6.03. The van der Waals surface area contributed by atoms with Crippen molar-refractivity contribution < 1.29 is 38.1 Å². The van der Waals surface area contributed by atoms with Crippen molar-refractivity contribution in [3.05, 3.63) is 53.6 Å². The number of aromatic nitrogens is 3. The fourth-order valence-electron chi connectivity index (χ4n) is 6.03. The number of esters is 1. The molecule has 1 aromatic heterocycles. The molecule has 3 aliphatic rings. The zero-order chi connectivity index (χ0) is 37.8. The van der Waals surface area contributed by atoms with Crippen molar-refractivity contribution >= 4 is 35.6 Å². The summed E-state index contributed by atoms with van der Waals surface area (Å²) in [6.07, 6.45) is 4.28. The predicted molar refractivity (Wildman–Crippen MR) is 198 cm³/mol. The monoisotopic (exact) mass is 733 g/mol. The van der Waals surface area contributed by atoms with E-state index in [0.29, 0.717) is 63.1 Å². The zero-order valence-electron chi connectivity index (χ0n) is 31.2. The topological polar surface area (TPSA) is 175 Å². The first-order valence-electron chi connectivity index (χ1n) is 18.3. The molecule has 2 atom stereocenters. The molecule has 3 aromatic rings. The number of piperidine rings is 1. The van der Waals surface area contributed by atoms with Crippen LogP contribution >= 0.6 is 0 Å². The van der Waals surface area contributed by atoms with Crippen LogP contribution in [0.5, 0.6) is 17.5 Å². The summed E-state index contributed by atoms with van der Waals surface area (Å²) in [4.78, 5) is 54.9. The second-order valence-electron chi connectivity index (χ2n) is 13.9. The van der Waals surface area contributed by atoms with Crippen LogP contribution in [0.15, 0.2) is 42.5 Å². The number of likely N-dealkylation sites (tertiary alicyclic amines) is 1. The number of fused-ring (bicyclic) bond motifs is 10. The van der Waals surface area contributed by atoms with E-state index in [1.807, 2.05) is 31.2 Å². The lowest BCUT2D eigenvalue weighted by Crippen LogP contribution is -2.53. The molecule has 1 fully saturated rings. The van der Waals surface area contributed by atoms with Crippen molar-refractivity contribution in [3.63, 3.8) is 0 Å². The number of benzene rings is 2. The number of hydrogen-bond donors (Lipinski definition) is 3. The highest BCUT2D eigenvalue weighted by molar-refractivity contribution is 5.99. The first-order chi connectivity index (χ1) is 25.5. The molecule has 2 aromatic carbocycles. The van der Waals surface area contributed by atoms with Gasteiger partial charge in [0.15, 0.2) is 0 Å². The minimum atomic E-state index is -1.01. The Morgan fingerprint density at radius 2 is 1.70 bits per heavy atom. The third-order valence-corrected chi connectivity index (χ3v) is 8.63. The van der Waals surface area contributed by atoms with E-state index in [4.69, 9.17) is 23.7 Å². The van der Waals surface area contributed by atoms with Crippen LogP contribution in [0.1, 0.15) is 82.1 Å². The summed E-state index contributed by atoms with van der Waals surface area (Å²) >= 11 is 0. The molecule has 1 saturated heterocycles. The van der Waals surface area contributed by atoms with Crippen LogP contribution < -0.4 is 30.2 Å². The Kier molecular flexibility index (Phi) is 13.5. The maximum Gasteiger partial charge on any atom is 0.410 e. The Balaban J connectivity index is 1.38. The van der Waals surface area contributed by atoms with Gasteiger partial charge >= 0.3 is 18.1 Å². The van der Waals surface area contributed by atoms with Gasteiger partial charge in [-0.2, -0.15) is 15.0 Å². The minimum Gasteiger partial charge on any atom is -0.494 e. The highest BCUT2D eigenvalue weighted by Crippen LogP contribution is 2.28. The molecule has 2 amide bonds.